The number of nitrogens with one attached hydrogen (secondary N) is 1. The standard InChI is InChI=1S/C19H21ClN2O3/c1-13-4-7-16(8-5-13)21-18(23)12-22(2)19(24)11-14-10-15(20)6-9-17(14)25-3/h4-10H,11-12H2,1-3H3,(H,21,23). The number of aryl methyl sites for hydroxylation is 1. The third-order valence-corrected chi connectivity index (χ3v) is 3.96. The van der Waals surface area contributed by atoms with Crippen LogP contribution in [0.1, 0.15) is 11.1 Å². The first kappa shape index (κ1) is 18.8. The highest BCUT2D eigenvalue weighted by Gasteiger charge is 2.16. The van der Waals surface area contributed by atoms with E-state index in [2.05, 4.69) is 5.32 Å². The average Bonchev–Trinajstić information content (AvgIpc) is 2.57. The molecule has 0 atom stereocenters. The van der Waals surface area contributed by atoms with Crippen LogP contribution in [0.4, 0.5) is 5.69 Å². The minimum Gasteiger partial charge on any atom is -0.496 e. The van der Waals surface area contributed by atoms with Crippen LogP contribution in [0.3, 0.4) is 0 Å². The summed E-state index contributed by atoms with van der Waals surface area (Å²) < 4.78 is 5.24. The lowest BCUT2D eigenvalue weighted by molar-refractivity contribution is -0.132. The van der Waals surface area contributed by atoms with Crippen LogP contribution in [-0.4, -0.2) is 37.4 Å². The maximum Gasteiger partial charge on any atom is 0.243 e. The Hall–Kier alpha value is -2.53. The molecule has 0 spiro atoms. The molecule has 0 saturated carbocycles. The molecule has 132 valence electrons. The summed E-state index contributed by atoms with van der Waals surface area (Å²) in [5.41, 5.74) is 2.50. The van der Waals surface area contributed by atoms with Gasteiger partial charge < -0.3 is 15.0 Å². The van der Waals surface area contributed by atoms with E-state index in [0.29, 0.717) is 22.0 Å². The van der Waals surface area contributed by atoms with Gasteiger partial charge in [-0.1, -0.05) is 29.3 Å². The highest BCUT2D eigenvalue weighted by Crippen LogP contribution is 2.23. The lowest BCUT2D eigenvalue weighted by Gasteiger charge is -2.18. The monoisotopic (exact) mass is 360 g/mol. The normalized spacial score (nSPS) is 10.2. The molecule has 2 aromatic carbocycles. The van der Waals surface area contributed by atoms with E-state index in [9.17, 15) is 9.59 Å². The van der Waals surface area contributed by atoms with Crippen molar-refractivity contribution in [3.63, 3.8) is 0 Å². The summed E-state index contributed by atoms with van der Waals surface area (Å²) in [5.74, 6) is 0.146. The van der Waals surface area contributed by atoms with Crippen molar-refractivity contribution in [1.82, 2.24) is 4.90 Å². The van der Waals surface area contributed by atoms with Crippen LogP contribution in [0.25, 0.3) is 0 Å². The van der Waals surface area contributed by atoms with E-state index in [0.717, 1.165) is 5.56 Å². The molecule has 0 saturated heterocycles. The van der Waals surface area contributed by atoms with Crippen molar-refractivity contribution in [2.75, 3.05) is 26.0 Å². The van der Waals surface area contributed by atoms with Crippen LogP contribution < -0.4 is 10.1 Å². The second kappa shape index (κ2) is 8.53. The quantitative estimate of drug-likeness (QED) is 0.859. The van der Waals surface area contributed by atoms with Crippen LogP contribution in [0.5, 0.6) is 5.75 Å². The number of carbonyl (C=O) groups excluding carboxylic acids is 2. The number of nitrogens with zero attached hydrogens (tertiary/aromatic N) is 1. The topological polar surface area (TPSA) is 58.6 Å². The number of halogens is 1. The molecule has 25 heavy (non-hydrogen) atoms. The van der Waals surface area contributed by atoms with Gasteiger partial charge in [0.1, 0.15) is 5.75 Å². The Morgan fingerprint density at radius 1 is 1.16 bits per heavy atom. The SMILES string of the molecule is COc1ccc(Cl)cc1CC(=O)N(C)CC(=O)Nc1ccc(C)cc1. The maximum atomic E-state index is 12.4. The van der Waals surface area contributed by atoms with Gasteiger partial charge in [-0.2, -0.15) is 0 Å². The Morgan fingerprint density at radius 2 is 1.84 bits per heavy atom. The molecule has 5 nitrogen and oxygen atoms in total. The molecule has 2 aromatic rings. The number of benzene rings is 2. The van der Waals surface area contributed by atoms with Gasteiger partial charge in [-0.15, -0.1) is 0 Å². The van der Waals surface area contributed by atoms with Crippen LogP contribution in [0, 0.1) is 6.92 Å². The average molecular weight is 361 g/mol. The summed E-state index contributed by atoms with van der Waals surface area (Å²) in [4.78, 5) is 25.8. The fourth-order valence-electron chi connectivity index (χ4n) is 2.32. The smallest absolute Gasteiger partial charge is 0.243 e. The first-order valence-corrected chi connectivity index (χ1v) is 8.19. The molecule has 0 unspecified atom stereocenters. The van der Waals surface area contributed by atoms with Gasteiger partial charge >= 0.3 is 0 Å². The zero-order chi connectivity index (χ0) is 18.4. The van der Waals surface area contributed by atoms with E-state index in [1.165, 1.54) is 12.0 Å². The Kier molecular flexibility index (Phi) is 6.42. The van der Waals surface area contributed by atoms with E-state index in [1.807, 2.05) is 31.2 Å². The van der Waals surface area contributed by atoms with Crippen LogP contribution in [0.2, 0.25) is 5.02 Å². The van der Waals surface area contributed by atoms with Crippen molar-refractivity contribution >= 4 is 29.1 Å². The van der Waals surface area contributed by atoms with Crippen LogP contribution in [-0.2, 0) is 16.0 Å². The molecular weight excluding hydrogens is 340 g/mol. The molecule has 2 amide bonds. The molecule has 1 N–H and O–H groups in total. The number of ether oxygens (including phenoxy) is 1. The summed E-state index contributed by atoms with van der Waals surface area (Å²) >= 11 is 5.98. The summed E-state index contributed by atoms with van der Waals surface area (Å²) in [6.07, 6.45) is 0.109. The maximum absolute atomic E-state index is 12.4. The first-order valence-electron chi connectivity index (χ1n) is 7.82. The lowest BCUT2D eigenvalue weighted by Crippen LogP contribution is -2.35. The molecule has 0 aromatic heterocycles. The van der Waals surface area contributed by atoms with E-state index in [1.54, 1.807) is 25.2 Å². The number of hydrogen-bond donors (Lipinski definition) is 1. The minimum absolute atomic E-state index is 0.0322. The Balaban J connectivity index is 1.94. The Morgan fingerprint density at radius 3 is 2.48 bits per heavy atom. The zero-order valence-electron chi connectivity index (χ0n) is 14.5. The lowest BCUT2D eigenvalue weighted by atomic mass is 10.1. The first-order chi connectivity index (χ1) is 11.9. The van der Waals surface area contributed by atoms with Gasteiger partial charge in [-0.25, -0.2) is 0 Å². The third-order valence-electron chi connectivity index (χ3n) is 3.73. The van der Waals surface area contributed by atoms with Gasteiger partial charge in [0.05, 0.1) is 20.1 Å². The molecule has 6 heteroatoms. The number of amides is 2. The summed E-state index contributed by atoms with van der Waals surface area (Å²) in [6.45, 7) is 1.94. The molecular formula is C19H21ClN2O3. The number of carbonyl (C=O) groups is 2. The van der Waals surface area contributed by atoms with E-state index >= 15 is 0 Å². The largest absolute Gasteiger partial charge is 0.496 e. The number of likely N-dealkylation sites (N-methyl/N-ethyl adjacent to an activating group) is 1. The molecule has 2 rings (SSSR count). The number of methoxy groups -OCH3 is 1. The molecule has 0 fully saturated rings. The molecule has 0 aliphatic carbocycles. The Labute approximate surface area is 152 Å². The fraction of sp³-hybridized carbons (Fsp3) is 0.263. The van der Waals surface area contributed by atoms with Crippen molar-refractivity contribution in [3.8, 4) is 5.75 Å². The molecule has 0 aliphatic rings. The molecule has 0 heterocycles. The van der Waals surface area contributed by atoms with Gasteiger partial charge in [0, 0.05) is 23.3 Å². The molecule has 0 radical (unpaired) electrons. The predicted octanol–water partition coefficient (Wildman–Crippen LogP) is 3.30. The minimum atomic E-state index is -0.252. The third kappa shape index (κ3) is 5.50. The van der Waals surface area contributed by atoms with Crippen molar-refractivity contribution in [1.29, 1.82) is 0 Å². The van der Waals surface area contributed by atoms with Gasteiger partial charge in [-0.05, 0) is 37.3 Å². The highest BCUT2D eigenvalue weighted by atomic mass is 35.5. The zero-order valence-corrected chi connectivity index (χ0v) is 15.3. The van der Waals surface area contributed by atoms with Crippen molar-refractivity contribution in [2.45, 2.75) is 13.3 Å². The summed E-state index contributed by atoms with van der Waals surface area (Å²) in [7, 11) is 3.13. The van der Waals surface area contributed by atoms with E-state index < -0.39 is 0 Å². The van der Waals surface area contributed by atoms with Gasteiger partial charge in [-0.3, -0.25) is 9.59 Å². The summed E-state index contributed by atoms with van der Waals surface area (Å²) in [5, 5.41) is 3.30. The van der Waals surface area contributed by atoms with Gasteiger partial charge in [0.15, 0.2) is 0 Å². The van der Waals surface area contributed by atoms with Gasteiger partial charge in [0.25, 0.3) is 0 Å². The van der Waals surface area contributed by atoms with E-state index in [4.69, 9.17) is 16.3 Å². The second-order valence-corrected chi connectivity index (χ2v) is 6.23. The van der Waals surface area contributed by atoms with E-state index in [-0.39, 0.29) is 24.8 Å². The number of anilines is 1. The Bertz CT molecular complexity index is 760. The van der Waals surface area contributed by atoms with Crippen molar-refractivity contribution < 1.29 is 14.3 Å². The fourth-order valence-corrected chi connectivity index (χ4v) is 2.52. The molecule has 0 aliphatic heterocycles. The molecule has 0 bridgehead atoms. The summed E-state index contributed by atoms with van der Waals surface area (Å²) in [6, 6.07) is 12.6. The van der Waals surface area contributed by atoms with Crippen LogP contribution >= 0.6 is 11.6 Å². The highest BCUT2D eigenvalue weighted by molar-refractivity contribution is 6.30. The predicted molar refractivity (Wildman–Crippen MR) is 99.2 cm³/mol. The van der Waals surface area contributed by atoms with Gasteiger partial charge in [0.2, 0.25) is 11.8 Å². The van der Waals surface area contributed by atoms with Crippen molar-refractivity contribution in [3.05, 3.63) is 58.6 Å². The van der Waals surface area contributed by atoms with Crippen LogP contribution in [0.15, 0.2) is 42.5 Å². The number of hydrogen-bond acceptors (Lipinski definition) is 3. The number of rotatable bonds is 6. The van der Waals surface area contributed by atoms with Crippen molar-refractivity contribution in [2.24, 2.45) is 0 Å². The second-order valence-electron chi connectivity index (χ2n) is 5.80.